The zero-order chi connectivity index (χ0) is 15.4. The van der Waals surface area contributed by atoms with Gasteiger partial charge in [0.15, 0.2) is 0 Å². The van der Waals surface area contributed by atoms with E-state index in [2.05, 4.69) is 0 Å². The summed E-state index contributed by atoms with van der Waals surface area (Å²) in [5.74, 6) is -0.685. The van der Waals surface area contributed by atoms with Crippen LogP contribution in [0.15, 0.2) is 30.3 Å². The summed E-state index contributed by atoms with van der Waals surface area (Å²) in [6.07, 6.45) is 0.443. The zero-order valence-electron chi connectivity index (χ0n) is 13.0. The van der Waals surface area contributed by atoms with Crippen LogP contribution in [-0.4, -0.2) is 42.4 Å². The number of methoxy groups -OCH3 is 1. The van der Waals surface area contributed by atoms with Crippen molar-refractivity contribution in [2.45, 2.75) is 32.0 Å². The van der Waals surface area contributed by atoms with E-state index in [1.54, 1.807) is 6.92 Å². The fraction of sp³-hybridized carbons (Fsp3) is 0.500. The van der Waals surface area contributed by atoms with Crippen molar-refractivity contribution in [3.63, 3.8) is 0 Å². The molecule has 1 aliphatic rings. The Kier molecular flexibility index (Phi) is 8.20. The van der Waals surface area contributed by atoms with Gasteiger partial charge in [-0.05, 0) is 18.9 Å². The average Bonchev–Trinajstić information content (AvgIpc) is 2.86. The molecule has 117 valence electrons. The number of ketones is 1. The first-order valence-corrected chi connectivity index (χ1v) is 7.11. The van der Waals surface area contributed by atoms with Crippen LogP contribution in [0.25, 0.3) is 5.73 Å². The van der Waals surface area contributed by atoms with E-state index in [1.165, 1.54) is 7.11 Å². The molecule has 3 atom stereocenters. The van der Waals surface area contributed by atoms with Crippen molar-refractivity contribution in [3.8, 4) is 0 Å². The summed E-state index contributed by atoms with van der Waals surface area (Å²) >= 11 is 0. The molecule has 1 aliphatic heterocycles. The average molecular weight is 516 g/mol. The maximum Gasteiger partial charge on any atom is 0.310 e. The number of carbonyl (C=O) groups excluding carboxylic acids is 2. The molecule has 3 unspecified atom stereocenters. The van der Waals surface area contributed by atoms with Crippen LogP contribution in [0.2, 0.25) is 0 Å². The molecule has 1 saturated heterocycles. The molecule has 2 rings (SSSR count). The molecule has 22 heavy (non-hydrogen) atoms. The summed E-state index contributed by atoms with van der Waals surface area (Å²) in [4.78, 5) is 25.8. The predicted octanol–water partition coefficient (Wildman–Crippen LogP) is 2.06. The third-order valence-electron chi connectivity index (χ3n) is 4.16. The minimum Gasteiger partial charge on any atom is -0.676 e. The summed E-state index contributed by atoms with van der Waals surface area (Å²) in [5.41, 5.74) is 8.84. The van der Waals surface area contributed by atoms with Crippen LogP contribution in [0.1, 0.15) is 18.9 Å². The summed E-state index contributed by atoms with van der Waals surface area (Å²) in [7, 11) is 1.35. The minimum absolute atomic E-state index is 0. The molecule has 0 amide bonds. The Balaban J connectivity index is 0.00000242. The van der Waals surface area contributed by atoms with Gasteiger partial charge in [-0.25, -0.2) is 0 Å². The van der Waals surface area contributed by atoms with Crippen LogP contribution in [0.4, 0.5) is 0 Å². The smallest absolute Gasteiger partial charge is 0.310 e. The number of benzene rings is 1. The monoisotopic (exact) mass is 516 g/mol. The first-order valence-electron chi connectivity index (χ1n) is 7.11. The van der Waals surface area contributed by atoms with Gasteiger partial charge in [-0.1, -0.05) is 30.3 Å². The van der Waals surface area contributed by atoms with Gasteiger partial charge in [0.25, 0.3) is 0 Å². The number of esters is 1. The molecule has 1 heterocycles. The Hall–Kier alpha value is -0.278. The summed E-state index contributed by atoms with van der Waals surface area (Å²) in [6, 6.07) is 9.22. The van der Waals surface area contributed by atoms with Crippen LogP contribution in [0, 0.1) is 50.0 Å². The number of hydrogen-bond donors (Lipinski definition) is 0. The number of Topliss-reactive ketones (excluding diaryl/α,β-unsaturated/α-hetero) is 1. The molecule has 1 aromatic rings. The molecular weight excluding hydrogens is 495 g/mol. The molecule has 0 saturated carbocycles. The molecule has 0 spiro atoms. The van der Waals surface area contributed by atoms with Gasteiger partial charge in [0.2, 0.25) is 0 Å². The normalized spacial score (nSPS) is 24.6. The largest absolute Gasteiger partial charge is 0.676 e. The number of ether oxygens (including phenoxy) is 1. The van der Waals surface area contributed by atoms with Crippen molar-refractivity contribution < 1.29 is 58.4 Å². The van der Waals surface area contributed by atoms with Crippen LogP contribution in [0.5, 0.6) is 0 Å². The van der Waals surface area contributed by atoms with Crippen molar-refractivity contribution in [1.29, 1.82) is 0 Å². The Labute approximate surface area is 167 Å². The maximum atomic E-state index is 11.9. The molecule has 1 fully saturated rings. The third-order valence-corrected chi connectivity index (χ3v) is 4.16. The van der Waals surface area contributed by atoms with Crippen molar-refractivity contribution in [2.75, 3.05) is 13.7 Å². The zero-order valence-corrected chi connectivity index (χ0v) is 17.7. The van der Waals surface area contributed by atoms with Gasteiger partial charge in [0.05, 0.1) is 19.1 Å². The fourth-order valence-electron chi connectivity index (χ4n) is 3.08. The van der Waals surface area contributed by atoms with E-state index < -0.39 is 5.92 Å². The van der Waals surface area contributed by atoms with Gasteiger partial charge in [0.1, 0.15) is 5.78 Å². The Morgan fingerprint density at radius 1 is 1.32 bits per heavy atom. The van der Waals surface area contributed by atoms with E-state index in [1.807, 2.05) is 35.2 Å². The summed E-state index contributed by atoms with van der Waals surface area (Å²) in [5, 5.41) is 0. The Morgan fingerprint density at radius 3 is 2.45 bits per heavy atom. The van der Waals surface area contributed by atoms with E-state index in [-0.39, 0.29) is 74.4 Å². The molecule has 1 radical (unpaired) electrons. The predicted molar refractivity (Wildman–Crippen MR) is 79.6 cm³/mol. The number of nitrogens with zero attached hydrogens (tertiary/aromatic N) is 1. The van der Waals surface area contributed by atoms with Gasteiger partial charge < -0.3 is 10.5 Å². The minimum atomic E-state index is -0.398. The quantitative estimate of drug-likeness (QED) is 0.563. The first-order chi connectivity index (χ1) is 10.1. The molecule has 1 aromatic carbocycles. The van der Waals surface area contributed by atoms with Gasteiger partial charge >= 0.3 is 5.97 Å². The third kappa shape index (κ3) is 4.38. The molecule has 5 nitrogen and oxygen atoms in total. The van der Waals surface area contributed by atoms with E-state index in [9.17, 15) is 9.59 Å². The van der Waals surface area contributed by atoms with Crippen LogP contribution in [0.3, 0.4) is 0 Å². The molecule has 6 heteroatoms. The van der Waals surface area contributed by atoms with E-state index in [4.69, 9.17) is 10.5 Å². The van der Waals surface area contributed by atoms with Crippen molar-refractivity contribution in [3.05, 3.63) is 41.6 Å². The van der Waals surface area contributed by atoms with E-state index in [0.29, 0.717) is 13.0 Å². The topological polar surface area (TPSA) is 70.4 Å². The number of nitrogens with one attached hydrogen (secondary N) is 1. The number of likely N-dealkylation sites (tertiary alicyclic amines) is 1. The van der Waals surface area contributed by atoms with E-state index in [0.717, 1.165) is 5.56 Å². The van der Waals surface area contributed by atoms with Gasteiger partial charge in [0, 0.05) is 56.6 Å². The Bertz CT molecular complexity index is 509. The number of carbonyl (C=O) groups is 2. The van der Waals surface area contributed by atoms with Crippen LogP contribution < -0.4 is 0 Å². The molecular formula is C16H21AcN2O3-. The Morgan fingerprint density at radius 2 is 1.95 bits per heavy atom. The van der Waals surface area contributed by atoms with Gasteiger partial charge in [-0.15, -0.1) is 6.54 Å². The number of hydrogen-bond acceptors (Lipinski definition) is 4. The van der Waals surface area contributed by atoms with Crippen LogP contribution >= 0.6 is 0 Å². The second kappa shape index (κ2) is 9.12. The maximum absolute atomic E-state index is 11.9. The standard InChI is InChI=1S/C16H21N2O3.Ac/c1-11(19)14-8-13(16(20)21-2)15(9-17)18(14)10-12-6-4-3-5-7-12;/h3-7,13-15,17H,8-10H2,1-2H3;/q-1;. The summed E-state index contributed by atoms with van der Waals surface area (Å²) < 4.78 is 4.83. The molecule has 0 aromatic heterocycles. The van der Waals surface area contributed by atoms with Gasteiger partial charge in [-0.3, -0.25) is 14.5 Å². The van der Waals surface area contributed by atoms with E-state index >= 15 is 0 Å². The molecule has 0 bridgehead atoms. The molecule has 1 N–H and O–H groups in total. The second-order valence-corrected chi connectivity index (χ2v) is 5.42. The van der Waals surface area contributed by atoms with Crippen molar-refractivity contribution in [1.82, 2.24) is 4.90 Å². The first kappa shape index (κ1) is 19.8. The summed E-state index contributed by atoms with van der Waals surface area (Å²) in [6.45, 7) is 2.20. The SMILES string of the molecule is COC(=O)C1CC(C(C)=O)N(Cc2ccccc2)C1C[NH-].[Ac]. The van der Waals surface area contributed by atoms with Crippen LogP contribution in [-0.2, 0) is 20.9 Å². The van der Waals surface area contributed by atoms with Crippen molar-refractivity contribution in [2.24, 2.45) is 5.92 Å². The second-order valence-electron chi connectivity index (χ2n) is 5.42. The number of rotatable bonds is 5. The fourth-order valence-corrected chi connectivity index (χ4v) is 3.08. The van der Waals surface area contributed by atoms with Gasteiger partial charge in [-0.2, -0.15) is 0 Å². The molecule has 0 aliphatic carbocycles. The van der Waals surface area contributed by atoms with Crippen molar-refractivity contribution >= 4 is 11.8 Å².